The van der Waals surface area contributed by atoms with Gasteiger partial charge in [-0.05, 0) is 31.0 Å². The molecule has 1 atom stereocenters. The molecule has 1 aromatic carbocycles. The third kappa shape index (κ3) is 2.25. The Morgan fingerprint density at radius 3 is 3.00 bits per heavy atom. The Labute approximate surface area is 95.7 Å². The first kappa shape index (κ1) is 11.1. The van der Waals surface area contributed by atoms with E-state index in [2.05, 4.69) is 11.9 Å². The van der Waals surface area contributed by atoms with Crippen LogP contribution in [0.3, 0.4) is 0 Å². The lowest BCUT2D eigenvalue weighted by Gasteiger charge is -2.04. The van der Waals surface area contributed by atoms with Crippen molar-refractivity contribution in [2.24, 2.45) is 5.73 Å². The highest BCUT2D eigenvalue weighted by molar-refractivity contribution is 5.73. The number of unbranched alkanes of at least 4 members (excludes halogenated alkanes) is 1. The van der Waals surface area contributed by atoms with Crippen LogP contribution in [0.1, 0.15) is 43.7 Å². The molecule has 1 aromatic heterocycles. The zero-order chi connectivity index (χ0) is 11.5. The maximum atomic E-state index is 6.03. The maximum Gasteiger partial charge on any atom is 0.212 e. The molecule has 2 rings (SSSR count). The number of benzene rings is 1. The zero-order valence-corrected chi connectivity index (χ0v) is 9.86. The summed E-state index contributed by atoms with van der Waals surface area (Å²) in [5.74, 6) is 0.661. The van der Waals surface area contributed by atoms with E-state index in [-0.39, 0.29) is 6.04 Å². The number of aryl methyl sites for hydroxylation is 1. The maximum absolute atomic E-state index is 6.03. The number of rotatable bonds is 4. The molecule has 0 saturated carbocycles. The molecule has 0 bridgehead atoms. The second kappa shape index (κ2) is 4.66. The molecule has 16 heavy (non-hydrogen) atoms. The lowest BCUT2D eigenvalue weighted by atomic mass is 10.1. The van der Waals surface area contributed by atoms with E-state index < -0.39 is 0 Å². The predicted octanol–water partition coefficient (Wildman–Crippen LogP) is 3.33. The van der Waals surface area contributed by atoms with Gasteiger partial charge in [-0.15, -0.1) is 0 Å². The molecule has 3 heteroatoms. The molecule has 1 heterocycles. The number of aromatic nitrogens is 1. The molecule has 86 valence electrons. The van der Waals surface area contributed by atoms with Gasteiger partial charge in [0.05, 0.1) is 6.04 Å². The van der Waals surface area contributed by atoms with E-state index in [1.165, 1.54) is 5.56 Å². The minimum Gasteiger partial charge on any atom is -0.439 e. The second-order valence-corrected chi connectivity index (χ2v) is 4.27. The number of oxazole rings is 1. The van der Waals surface area contributed by atoms with Gasteiger partial charge in [-0.25, -0.2) is 4.98 Å². The normalized spacial score (nSPS) is 13.2. The van der Waals surface area contributed by atoms with Crippen molar-refractivity contribution >= 4 is 11.1 Å². The fourth-order valence-corrected chi connectivity index (χ4v) is 1.76. The van der Waals surface area contributed by atoms with E-state index in [4.69, 9.17) is 10.2 Å². The molecule has 0 saturated heterocycles. The molecule has 0 spiro atoms. The lowest BCUT2D eigenvalue weighted by molar-refractivity contribution is 0.450. The van der Waals surface area contributed by atoms with Crippen LogP contribution in [0.2, 0.25) is 0 Å². The molecule has 0 amide bonds. The minimum atomic E-state index is -0.0762. The Hall–Kier alpha value is -1.35. The summed E-state index contributed by atoms with van der Waals surface area (Å²) in [6.45, 7) is 4.20. The van der Waals surface area contributed by atoms with Gasteiger partial charge in [0.1, 0.15) is 5.52 Å². The Morgan fingerprint density at radius 1 is 1.44 bits per heavy atom. The van der Waals surface area contributed by atoms with Gasteiger partial charge in [0, 0.05) is 0 Å². The van der Waals surface area contributed by atoms with E-state index >= 15 is 0 Å². The molecule has 0 aliphatic carbocycles. The number of fused-ring (bicyclic) bond motifs is 1. The van der Waals surface area contributed by atoms with Crippen LogP contribution in [0.5, 0.6) is 0 Å². The largest absolute Gasteiger partial charge is 0.439 e. The summed E-state index contributed by atoms with van der Waals surface area (Å²) in [5.41, 5.74) is 8.95. The van der Waals surface area contributed by atoms with Crippen molar-refractivity contribution in [1.82, 2.24) is 4.98 Å². The standard InChI is InChI=1S/C13H18N2O/c1-3-4-5-10(14)13-15-11-8-9(2)6-7-12(11)16-13/h6-8,10H,3-5,14H2,1-2H3. The van der Waals surface area contributed by atoms with Crippen molar-refractivity contribution in [2.45, 2.75) is 39.2 Å². The Bertz CT molecular complexity index is 476. The predicted molar refractivity (Wildman–Crippen MR) is 65.2 cm³/mol. The average molecular weight is 218 g/mol. The van der Waals surface area contributed by atoms with Gasteiger partial charge >= 0.3 is 0 Å². The smallest absolute Gasteiger partial charge is 0.212 e. The zero-order valence-electron chi connectivity index (χ0n) is 9.86. The van der Waals surface area contributed by atoms with Crippen LogP contribution in [0.25, 0.3) is 11.1 Å². The van der Waals surface area contributed by atoms with Crippen molar-refractivity contribution in [1.29, 1.82) is 0 Å². The van der Waals surface area contributed by atoms with Crippen LogP contribution < -0.4 is 5.73 Å². The monoisotopic (exact) mass is 218 g/mol. The summed E-state index contributed by atoms with van der Waals surface area (Å²) in [6.07, 6.45) is 3.19. The molecule has 0 radical (unpaired) electrons. The third-order valence-electron chi connectivity index (χ3n) is 2.75. The molecular formula is C13H18N2O. The molecule has 3 nitrogen and oxygen atoms in total. The summed E-state index contributed by atoms with van der Waals surface area (Å²) in [5, 5.41) is 0. The molecule has 1 unspecified atom stereocenters. The van der Waals surface area contributed by atoms with Crippen LogP contribution >= 0.6 is 0 Å². The quantitative estimate of drug-likeness (QED) is 0.856. The molecular weight excluding hydrogens is 200 g/mol. The Balaban J connectivity index is 2.25. The summed E-state index contributed by atoms with van der Waals surface area (Å²) >= 11 is 0. The summed E-state index contributed by atoms with van der Waals surface area (Å²) in [6, 6.07) is 5.92. The van der Waals surface area contributed by atoms with E-state index in [1.807, 2.05) is 25.1 Å². The summed E-state index contributed by atoms with van der Waals surface area (Å²) in [7, 11) is 0. The average Bonchev–Trinajstić information content (AvgIpc) is 2.68. The Morgan fingerprint density at radius 2 is 2.25 bits per heavy atom. The van der Waals surface area contributed by atoms with Crippen LogP contribution in [-0.2, 0) is 0 Å². The third-order valence-corrected chi connectivity index (χ3v) is 2.75. The van der Waals surface area contributed by atoms with Gasteiger partial charge in [-0.1, -0.05) is 25.8 Å². The van der Waals surface area contributed by atoms with Crippen LogP contribution in [0.15, 0.2) is 22.6 Å². The van der Waals surface area contributed by atoms with Gasteiger partial charge in [0.25, 0.3) is 0 Å². The van der Waals surface area contributed by atoms with Crippen molar-refractivity contribution in [2.75, 3.05) is 0 Å². The van der Waals surface area contributed by atoms with E-state index in [9.17, 15) is 0 Å². The van der Waals surface area contributed by atoms with Crippen LogP contribution in [0.4, 0.5) is 0 Å². The topological polar surface area (TPSA) is 52.0 Å². The highest BCUT2D eigenvalue weighted by atomic mass is 16.3. The van der Waals surface area contributed by atoms with Gasteiger partial charge in [-0.3, -0.25) is 0 Å². The highest BCUT2D eigenvalue weighted by Crippen LogP contribution is 2.22. The fraction of sp³-hybridized carbons (Fsp3) is 0.462. The first-order chi connectivity index (χ1) is 7.70. The fourth-order valence-electron chi connectivity index (χ4n) is 1.76. The van der Waals surface area contributed by atoms with Crippen molar-refractivity contribution in [3.8, 4) is 0 Å². The van der Waals surface area contributed by atoms with Crippen molar-refractivity contribution in [3.63, 3.8) is 0 Å². The molecule has 2 aromatic rings. The summed E-state index contributed by atoms with van der Waals surface area (Å²) < 4.78 is 5.65. The van der Waals surface area contributed by atoms with Crippen LogP contribution in [0, 0.1) is 6.92 Å². The molecule has 0 fully saturated rings. The number of hydrogen-bond acceptors (Lipinski definition) is 3. The number of nitrogens with zero attached hydrogens (tertiary/aromatic N) is 1. The van der Waals surface area contributed by atoms with Gasteiger partial charge < -0.3 is 10.2 Å². The molecule has 0 aliphatic rings. The van der Waals surface area contributed by atoms with Crippen molar-refractivity contribution in [3.05, 3.63) is 29.7 Å². The van der Waals surface area contributed by atoms with Gasteiger partial charge in [0.2, 0.25) is 5.89 Å². The Kier molecular flexibility index (Phi) is 3.25. The van der Waals surface area contributed by atoms with E-state index in [0.717, 1.165) is 30.4 Å². The number of hydrogen-bond donors (Lipinski definition) is 1. The van der Waals surface area contributed by atoms with Gasteiger partial charge in [0.15, 0.2) is 5.58 Å². The first-order valence-corrected chi connectivity index (χ1v) is 5.83. The van der Waals surface area contributed by atoms with E-state index in [1.54, 1.807) is 0 Å². The second-order valence-electron chi connectivity index (χ2n) is 4.27. The first-order valence-electron chi connectivity index (χ1n) is 5.83. The number of nitrogens with two attached hydrogens (primary N) is 1. The van der Waals surface area contributed by atoms with Gasteiger partial charge in [-0.2, -0.15) is 0 Å². The SMILES string of the molecule is CCCCC(N)c1nc2cc(C)ccc2o1. The van der Waals surface area contributed by atoms with E-state index in [0.29, 0.717) is 5.89 Å². The molecule has 2 N–H and O–H groups in total. The van der Waals surface area contributed by atoms with Crippen molar-refractivity contribution < 1.29 is 4.42 Å². The molecule has 0 aliphatic heterocycles. The van der Waals surface area contributed by atoms with Crippen LogP contribution in [-0.4, -0.2) is 4.98 Å². The summed E-state index contributed by atoms with van der Waals surface area (Å²) in [4.78, 5) is 4.43. The minimum absolute atomic E-state index is 0.0762. The lowest BCUT2D eigenvalue weighted by Crippen LogP contribution is -2.10. The highest BCUT2D eigenvalue weighted by Gasteiger charge is 2.13.